The normalized spacial score (nSPS) is 14.8. The van der Waals surface area contributed by atoms with Gasteiger partial charge in [-0.15, -0.1) is 0 Å². The standard InChI is InChI=1S/C24H39N7O6/c1-3-14(2)19(23(36)37)31-22(35)18(13-32)30-21(34)17(10-7-11-28-24(26)27)29-20(33)16(25)12-15-8-5-4-6-9-15/h4-6,8-9,14,16-19,32H,3,7,10-13,25H2,1-2H3,(H,29,33)(H,30,34)(H,31,35)(H,36,37)(H4,26,27,28). The van der Waals surface area contributed by atoms with Gasteiger partial charge < -0.3 is 43.4 Å². The molecule has 1 aromatic rings. The number of aliphatic imine (C=N–C) groups is 1. The fourth-order valence-corrected chi connectivity index (χ4v) is 3.42. The molecule has 206 valence electrons. The van der Waals surface area contributed by atoms with Gasteiger partial charge in [0.2, 0.25) is 17.7 Å². The fourth-order valence-electron chi connectivity index (χ4n) is 3.42. The molecule has 0 bridgehead atoms. The van der Waals surface area contributed by atoms with Crippen LogP contribution in [0.1, 0.15) is 38.7 Å². The zero-order valence-corrected chi connectivity index (χ0v) is 21.2. The van der Waals surface area contributed by atoms with Gasteiger partial charge in [-0.05, 0) is 30.7 Å². The molecule has 0 aromatic heterocycles. The Kier molecular flexibility index (Phi) is 13.6. The van der Waals surface area contributed by atoms with E-state index in [2.05, 4.69) is 20.9 Å². The molecule has 0 aliphatic heterocycles. The van der Waals surface area contributed by atoms with Crippen LogP contribution < -0.4 is 33.2 Å². The Morgan fingerprint density at radius 3 is 2.11 bits per heavy atom. The first kappa shape index (κ1) is 31.3. The molecule has 0 radical (unpaired) electrons. The summed E-state index contributed by atoms with van der Waals surface area (Å²) >= 11 is 0. The van der Waals surface area contributed by atoms with Crippen LogP contribution in [0.25, 0.3) is 0 Å². The topological polar surface area (TPSA) is 235 Å². The minimum atomic E-state index is -1.44. The van der Waals surface area contributed by atoms with Crippen LogP contribution in [-0.2, 0) is 25.6 Å². The van der Waals surface area contributed by atoms with Crippen LogP contribution in [0.3, 0.4) is 0 Å². The molecule has 1 rings (SSSR count). The predicted molar refractivity (Wildman–Crippen MR) is 138 cm³/mol. The maximum Gasteiger partial charge on any atom is 0.326 e. The van der Waals surface area contributed by atoms with Crippen LogP contribution in [0.15, 0.2) is 35.3 Å². The van der Waals surface area contributed by atoms with Gasteiger partial charge in [0.25, 0.3) is 0 Å². The second-order valence-electron chi connectivity index (χ2n) is 8.76. The number of hydrogen-bond donors (Lipinski definition) is 8. The lowest BCUT2D eigenvalue weighted by Crippen LogP contribution is -2.58. The van der Waals surface area contributed by atoms with E-state index in [1.165, 1.54) is 0 Å². The number of hydrogen-bond acceptors (Lipinski definition) is 7. The number of benzene rings is 1. The van der Waals surface area contributed by atoms with Crippen LogP contribution in [-0.4, -0.2) is 77.2 Å². The maximum atomic E-state index is 13.0. The summed E-state index contributed by atoms with van der Waals surface area (Å²) in [5.41, 5.74) is 17.5. The quantitative estimate of drug-likeness (QED) is 0.0694. The highest BCUT2D eigenvalue weighted by molar-refractivity contribution is 5.94. The first-order valence-electron chi connectivity index (χ1n) is 12.1. The summed E-state index contributed by atoms with van der Waals surface area (Å²) in [6.07, 6.45) is 1.15. The molecule has 0 heterocycles. The maximum absolute atomic E-state index is 13.0. The van der Waals surface area contributed by atoms with Gasteiger partial charge >= 0.3 is 5.97 Å². The molecule has 5 atom stereocenters. The van der Waals surface area contributed by atoms with E-state index in [0.29, 0.717) is 12.8 Å². The van der Waals surface area contributed by atoms with Crippen LogP contribution in [0.5, 0.6) is 0 Å². The molecular formula is C24H39N7O6. The van der Waals surface area contributed by atoms with E-state index < -0.39 is 54.5 Å². The molecule has 13 heteroatoms. The van der Waals surface area contributed by atoms with Gasteiger partial charge in [0.15, 0.2) is 5.96 Å². The number of aliphatic hydroxyl groups excluding tert-OH is 1. The first-order valence-corrected chi connectivity index (χ1v) is 12.1. The smallest absolute Gasteiger partial charge is 0.326 e. The molecule has 37 heavy (non-hydrogen) atoms. The zero-order chi connectivity index (χ0) is 28.0. The van der Waals surface area contributed by atoms with Crippen molar-refractivity contribution in [2.24, 2.45) is 28.1 Å². The van der Waals surface area contributed by atoms with E-state index in [9.17, 15) is 29.4 Å². The van der Waals surface area contributed by atoms with Gasteiger partial charge in [0.05, 0.1) is 12.6 Å². The van der Waals surface area contributed by atoms with Crippen molar-refractivity contribution in [1.82, 2.24) is 16.0 Å². The van der Waals surface area contributed by atoms with Crippen molar-refractivity contribution in [3.8, 4) is 0 Å². The molecule has 0 aliphatic rings. The number of rotatable bonds is 16. The number of nitrogens with two attached hydrogens (primary N) is 3. The van der Waals surface area contributed by atoms with Gasteiger partial charge in [-0.2, -0.15) is 0 Å². The van der Waals surface area contributed by atoms with Gasteiger partial charge in [-0.25, -0.2) is 4.79 Å². The highest BCUT2D eigenvalue weighted by Crippen LogP contribution is 2.09. The monoisotopic (exact) mass is 521 g/mol. The van der Waals surface area contributed by atoms with Gasteiger partial charge in [0.1, 0.15) is 18.1 Å². The molecule has 13 nitrogen and oxygen atoms in total. The number of amides is 3. The number of carbonyl (C=O) groups is 4. The van der Waals surface area contributed by atoms with Crippen LogP contribution >= 0.6 is 0 Å². The number of guanidine groups is 1. The van der Waals surface area contributed by atoms with Crippen molar-refractivity contribution in [3.05, 3.63) is 35.9 Å². The Bertz CT molecular complexity index is 923. The lowest BCUT2D eigenvalue weighted by atomic mass is 9.99. The molecule has 0 saturated carbocycles. The number of carboxylic acids is 1. The van der Waals surface area contributed by atoms with Crippen LogP contribution in [0.2, 0.25) is 0 Å². The van der Waals surface area contributed by atoms with E-state index >= 15 is 0 Å². The van der Waals surface area contributed by atoms with Crippen molar-refractivity contribution in [1.29, 1.82) is 0 Å². The Balaban J connectivity index is 2.93. The van der Waals surface area contributed by atoms with Crippen molar-refractivity contribution >= 4 is 29.7 Å². The van der Waals surface area contributed by atoms with E-state index in [0.717, 1.165) is 5.56 Å². The SMILES string of the molecule is CCC(C)C(NC(=O)C(CO)NC(=O)C(CCCN=C(N)N)NC(=O)C(N)Cc1ccccc1)C(=O)O. The van der Waals surface area contributed by atoms with E-state index in [-0.39, 0.29) is 31.3 Å². The zero-order valence-electron chi connectivity index (χ0n) is 21.2. The molecule has 3 amide bonds. The molecule has 11 N–H and O–H groups in total. The van der Waals surface area contributed by atoms with Crippen molar-refractivity contribution in [2.75, 3.05) is 13.2 Å². The lowest BCUT2D eigenvalue weighted by Gasteiger charge is -2.25. The minimum Gasteiger partial charge on any atom is -0.480 e. The summed E-state index contributed by atoms with van der Waals surface area (Å²) in [4.78, 5) is 53.8. The number of carboxylic acid groups (broad SMARTS) is 1. The number of nitrogens with zero attached hydrogens (tertiary/aromatic N) is 1. The molecule has 1 aromatic carbocycles. The van der Waals surface area contributed by atoms with E-state index in [1.54, 1.807) is 13.8 Å². The summed E-state index contributed by atoms with van der Waals surface area (Å²) in [6, 6.07) is 4.41. The van der Waals surface area contributed by atoms with Gasteiger partial charge in [-0.3, -0.25) is 19.4 Å². The summed E-state index contributed by atoms with van der Waals surface area (Å²) in [7, 11) is 0. The molecule has 0 spiro atoms. The third-order valence-corrected chi connectivity index (χ3v) is 5.81. The van der Waals surface area contributed by atoms with E-state index in [1.807, 2.05) is 30.3 Å². The summed E-state index contributed by atoms with van der Waals surface area (Å²) in [5.74, 6) is -3.95. The van der Waals surface area contributed by atoms with Gasteiger partial charge in [-0.1, -0.05) is 50.6 Å². The number of aliphatic carboxylic acids is 1. The highest BCUT2D eigenvalue weighted by atomic mass is 16.4. The highest BCUT2D eigenvalue weighted by Gasteiger charge is 2.31. The summed E-state index contributed by atoms with van der Waals surface area (Å²) < 4.78 is 0. The third-order valence-electron chi connectivity index (χ3n) is 5.81. The van der Waals surface area contributed by atoms with Crippen molar-refractivity contribution in [2.45, 2.75) is 63.7 Å². The second kappa shape index (κ2) is 16.1. The average Bonchev–Trinajstić information content (AvgIpc) is 2.86. The minimum absolute atomic E-state index is 0.108. The molecule has 0 fully saturated rings. The summed E-state index contributed by atoms with van der Waals surface area (Å²) in [5, 5.41) is 26.4. The molecule has 5 unspecified atom stereocenters. The number of nitrogens with one attached hydrogen (secondary N) is 3. The molecular weight excluding hydrogens is 482 g/mol. The van der Waals surface area contributed by atoms with Crippen LogP contribution in [0.4, 0.5) is 0 Å². The predicted octanol–water partition coefficient (Wildman–Crippen LogP) is -1.81. The largest absolute Gasteiger partial charge is 0.480 e. The Labute approximate surface area is 216 Å². The fraction of sp³-hybridized carbons (Fsp3) is 0.542. The Morgan fingerprint density at radius 1 is 0.973 bits per heavy atom. The van der Waals surface area contributed by atoms with Crippen LogP contribution in [0, 0.1) is 5.92 Å². The van der Waals surface area contributed by atoms with Crippen molar-refractivity contribution in [3.63, 3.8) is 0 Å². The second-order valence-corrected chi connectivity index (χ2v) is 8.76. The number of carbonyl (C=O) groups excluding carboxylic acids is 3. The average molecular weight is 522 g/mol. The number of aliphatic hydroxyl groups is 1. The third kappa shape index (κ3) is 11.3. The van der Waals surface area contributed by atoms with Crippen molar-refractivity contribution < 1.29 is 29.4 Å². The summed E-state index contributed by atoms with van der Waals surface area (Å²) in [6.45, 7) is 2.84. The van der Waals surface area contributed by atoms with Gasteiger partial charge in [0, 0.05) is 6.54 Å². The Morgan fingerprint density at radius 2 is 1.57 bits per heavy atom. The molecule has 0 saturated heterocycles. The first-order chi connectivity index (χ1) is 17.5. The Hall–Kier alpha value is -3.71. The molecule has 0 aliphatic carbocycles. The van der Waals surface area contributed by atoms with E-state index in [4.69, 9.17) is 17.2 Å². The lowest BCUT2D eigenvalue weighted by molar-refractivity contribution is -0.144.